The Bertz CT molecular complexity index is 692. The van der Waals surface area contributed by atoms with Crippen molar-refractivity contribution in [3.63, 3.8) is 0 Å². The Kier molecular flexibility index (Phi) is 2.14. The number of nitrogens with zero attached hydrogens (tertiary/aromatic N) is 1. The van der Waals surface area contributed by atoms with E-state index in [-0.39, 0.29) is 16.7 Å². The van der Waals surface area contributed by atoms with Crippen LogP contribution in [-0.2, 0) is 6.54 Å². The van der Waals surface area contributed by atoms with Crippen molar-refractivity contribution in [3.05, 3.63) is 34.2 Å². The number of hydrogen-bond acceptors (Lipinski definition) is 2. The second kappa shape index (κ2) is 3.48. The highest BCUT2D eigenvalue weighted by atomic mass is 16.4. The summed E-state index contributed by atoms with van der Waals surface area (Å²) in [6.07, 6.45) is 2.23. The van der Waals surface area contributed by atoms with E-state index in [1.54, 1.807) is 16.7 Å². The highest BCUT2D eigenvalue weighted by Gasteiger charge is 2.38. The number of aromatic amines is 1. The van der Waals surface area contributed by atoms with Gasteiger partial charge >= 0.3 is 11.7 Å². The van der Waals surface area contributed by atoms with Gasteiger partial charge in [-0.1, -0.05) is 6.92 Å². The van der Waals surface area contributed by atoms with E-state index >= 15 is 0 Å². The zero-order valence-corrected chi connectivity index (χ0v) is 10.1. The van der Waals surface area contributed by atoms with Crippen molar-refractivity contribution in [3.8, 4) is 0 Å². The van der Waals surface area contributed by atoms with Gasteiger partial charge in [0.05, 0.1) is 16.6 Å². The molecule has 0 atom stereocenters. The van der Waals surface area contributed by atoms with Gasteiger partial charge in [-0.3, -0.25) is 4.57 Å². The summed E-state index contributed by atoms with van der Waals surface area (Å²) in [5.41, 5.74) is 1.59. The first-order valence-corrected chi connectivity index (χ1v) is 5.94. The molecular weight excluding hydrogens is 232 g/mol. The monoisotopic (exact) mass is 246 g/mol. The number of rotatable bonds is 3. The fraction of sp³-hybridized carbons (Fsp3) is 0.385. The normalized spacial score (nSPS) is 16.9. The molecule has 1 saturated carbocycles. The molecule has 5 heteroatoms. The van der Waals surface area contributed by atoms with Gasteiger partial charge in [0.1, 0.15) is 0 Å². The molecule has 0 spiro atoms. The minimum Gasteiger partial charge on any atom is -0.478 e. The molecule has 0 radical (unpaired) electrons. The van der Waals surface area contributed by atoms with Gasteiger partial charge in [-0.05, 0) is 36.5 Å². The molecule has 1 heterocycles. The second-order valence-corrected chi connectivity index (χ2v) is 5.36. The Labute approximate surface area is 103 Å². The van der Waals surface area contributed by atoms with E-state index in [4.69, 9.17) is 5.11 Å². The van der Waals surface area contributed by atoms with Crippen molar-refractivity contribution in [2.24, 2.45) is 5.41 Å². The molecule has 0 aliphatic heterocycles. The smallest absolute Gasteiger partial charge is 0.335 e. The predicted molar refractivity (Wildman–Crippen MR) is 66.9 cm³/mol. The van der Waals surface area contributed by atoms with Gasteiger partial charge in [0.2, 0.25) is 0 Å². The van der Waals surface area contributed by atoms with Crippen molar-refractivity contribution in [2.45, 2.75) is 26.3 Å². The number of fused-ring (bicyclic) bond motifs is 1. The molecular formula is C13H14N2O3. The number of carbonyl (C=O) groups is 1. The molecule has 18 heavy (non-hydrogen) atoms. The summed E-state index contributed by atoms with van der Waals surface area (Å²) in [6.45, 7) is 2.79. The van der Waals surface area contributed by atoms with Crippen LogP contribution < -0.4 is 5.69 Å². The Balaban J connectivity index is 2.16. The first-order chi connectivity index (χ1) is 8.48. The Morgan fingerprint density at radius 2 is 2.22 bits per heavy atom. The van der Waals surface area contributed by atoms with Crippen LogP contribution in [0.25, 0.3) is 11.0 Å². The Hall–Kier alpha value is -2.04. The maximum absolute atomic E-state index is 11.9. The number of H-pyrrole nitrogens is 1. The van der Waals surface area contributed by atoms with Crippen LogP contribution in [0.3, 0.4) is 0 Å². The summed E-state index contributed by atoms with van der Waals surface area (Å²) in [4.78, 5) is 25.6. The zero-order valence-electron chi connectivity index (χ0n) is 10.1. The third kappa shape index (κ3) is 1.72. The number of aromatic carboxylic acids is 1. The molecule has 1 aliphatic carbocycles. The van der Waals surface area contributed by atoms with Gasteiger partial charge in [0.25, 0.3) is 0 Å². The van der Waals surface area contributed by atoms with Gasteiger partial charge in [0.15, 0.2) is 0 Å². The number of hydrogen-bond donors (Lipinski definition) is 2. The summed E-state index contributed by atoms with van der Waals surface area (Å²) in [5.74, 6) is -0.977. The molecule has 0 unspecified atom stereocenters. The van der Waals surface area contributed by atoms with Crippen LogP contribution in [0.1, 0.15) is 30.1 Å². The van der Waals surface area contributed by atoms with Crippen molar-refractivity contribution >= 4 is 17.0 Å². The Morgan fingerprint density at radius 3 is 2.83 bits per heavy atom. The van der Waals surface area contributed by atoms with Gasteiger partial charge in [-0.25, -0.2) is 9.59 Å². The van der Waals surface area contributed by atoms with E-state index in [2.05, 4.69) is 11.9 Å². The number of carboxylic acid groups (broad SMARTS) is 1. The molecule has 1 fully saturated rings. The van der Waals surface area contributed by atoms with Gasteiger partial charge in [-0.2, -0.15) is 0 Å². The third-order valence-corrected chi connectivity index (χ3v) is 3.67. The fourth-order valence-electron chi connectivity index (χ4n) is 2.20. The van der Waals surface area contributed by atoms with Crippen molar-refractivity contribution in [1.82, 2.24) is 9.55 Å². The molecule has 94 valence electrons. The molecule has 5 nitrogen and oxygen atoms in total. The summed E-state index contributed by atoms with van der Waals surface area (Å²) in [5, 5.41) is 8.99. The van der Waals surface area contributed by atoms with Gasteiger partial charge < -0.3 is 10.1 Å². The number of imidazole rings is 1. The zero-order chi connectivity index (χ0) is 12.9. The third-order valence-electron chi connectivity index (χ3n) is 3.67. The largest absolute Gasteiger partial charge is 0.478 e. The van der Waals surface area contributed by atoms with Crippen molar-refractivity contribution in [2.75, 3.05) is 0 Å². The van der Waals surface area contributed by atoms with Crippen LogP contribution in [0.2, 0.25) is 0 Å². The summed E-state index contributed by atoms with van der Waals surface area (Å²) >= 11 is 0. The molecule has 1 aromatic carbocycles. The molecule has 3 rings (SSSR count). The van der Waals surface area contributed by atoms with E-state index in [1.165, 1.54) is 6.07 Å². The first kappa shape index (κ1) is 11.1. The second-order valence-electron chi connectivity index (χ2n) is 5.36. The van der Waals surface area contributed by atoms with Crippen LogP contribution in [0.4, 0.5) is 0 Å². The van der Waals surface area contributed by atoms with Crippen LogP contribution in [-0.4, -0.2) is 20.6 Å². The highest BCUT2D eigenvalue weighted by molar-refractivity contribution is 5.92. The quantitative estimate of drug-likeness (QED) is 0.867. The van der Waals surface area contributed by atoms with E-state index in [9.17, 15) is 9.59 Å². The van der Waals surface area contributed by atoms with E-state index < -0.39 is 5.97 Å². The van der Waals surface area contributed by atoms with Crippen molar-refractivity contribution in [1.29, 1.82) is 0 Å². The average molecular weight is 246 g/mol. The lowest BCUT2D eigenvalue weighted by Crippen LogP contribution is -2.21. The fourth-order valence-corrected chi connectivity index (χ4v) is 2.20. The summed E-state index contributed by atoms with van der Waals surface area (Å²) < 4.78 is 1.65. The maximum atomic E-state index is 11.9. The molecule has 2 N–H and O–H groups in total. The van der Waals surface area contributed by atoms with E-state index in [1.807, 2.05) is 0 Å². The molecule has 2 aromatic rings. The molecule has 1 aliphatic rings. The SMILES string of the molecule is CC1(Cn2c(=O)[nH]c3ccc(C(=O)O)cc32)CC1. The lowest BCUT2D eigenvalue weighted by atomic mass is 10.1. The minimum atomic E-state index is -0.977. The van der Waals surface area contributed by atoms with Crippen LogP contribution in [0.5, 0.6) is 0 Å². The standard InChI is InChI=1S/C13H14N2O3/c1-13(4-5-13)7-15-10-6-8(11(16)17)2-3-9(10)14-12(15)18/h2-3,6H,4-5,7H2,1H3,(H,14,18)(H,16,17). The van der Waals surface area contributed by atoms with Crippen LogP contribution >= 0.6 is 0 Å². The maximum Gasteiger partial charge on any atom is 0.335 e. The number of carboxylic acids is 1. The molecule has 1 aromatic heterocycles. The minimum absolute atomic E-state index is 0.166. The molecule has 0 amide bonds. The number of nitrogens with one attached hydrogen (secondary N) is 1. The lowest BCUT2D eigenvalue weighted by Gasteiger charge is -2.09. The van der Waals surface area contributed by atoms with E-state index in [0.717, 1.165) is 12.8 Å². The predicted octanol–water partition coefficient (Wildman–Crippen LogP) is 1.83. The van der Waals surface area contributed by atoms with Crippen LogP contribution in [0, 0.1) is 5.41 Å². The molecule has 0 bridgehead atoms. The van der Waals surface area contributed by atoms with Gasteiger partial charge in [-0.15, -0.1) is 0 Å². The lowest BCUT2D eigenvalue weighted by molar-refractivity contribution is 0.0697. The summed E-state index contributed by atoms with van der Waals surface area (Å²) in [6, 6.07) is 4.71. The first-order valence-electron chi connectivity index (χ1n) is 5.94. The van der Waals surface area contributed by atoms with Crippen LogP contribution in [0.15, 0.2) is 23.0 Å². The topological polar surface area (TPSA) is 75.1 Å². The average Bonchev–Trinajstić information content (AvgIpc) is 2.96. The molecule has 0 saturated heterocycles. The van der Waals surface area contributed by atoms with Crippen molar-refractivity contribution < 1.29 is 9.90 Å². The van der Waals surface area contributed by atoms with E-state index in [0.29, 0.717) is 17.6 Å². The summed E-state index contributed by atoms with van der Waals surface area (Å²) in [7, 11) is 0. The highest BCUT2D eigenvalue weighted by Crippen LogP contribution is 2.46. The Morgan fingerprint density at radius 1 is 1.50 bits per heavy atom. The number of aromatic nitrogens is 2. The number of benzene rings is 1. The van der Waals surface area contributed by atoms with Gasteiger partial charge in [0, 0.05) is 6.54 Å².